The van der Waals surface area contributed by atoms with Gasteiger partial charge < -0.3 is 10.5 Å². The van der Waals surface area contributed by atoms with Crippen molar-refractivity contribution in [2.24, 2.45) is 5.73 Å². The third kappa shape index (κ3) is 2.78. The van der Waals surface area contributed by atoms with E-state index < -0.39 is 17.8 Å². The normalized spacial score (nSPS) is 11.6. The van der Waals surface area contributed by atoms with Crippen molar-refractivity contribution in [3.8, 4) is 6.07 Å². The van der Waals surface area contributed by atoms with E-state index >= 15 is 0 Å². The first kappa shape index (κ1) is 12.1. The average Bonchev–Trinajstić information content (AvgIpc) is 2.30. The van der Waals surface area contributed by atoms with Gasteiger partial charge in [-0.05, 0) is 24.1 Å². The predicted molar refractivity (Wildman–Crippen MR) is 54.8 cm³/mol. The van der Waals surface area contributed by atoms with E-state index in [1.165, 1.54) is 19.2 Å². The van der Waals surface area contributed by atoms with Gasteiger partial charge in [-0.25, -0.2) is 4.39 Å². The summed E-state index contributed by atoms with van der Waals surface area (Å²) in [4.78, 5) is 11.1. The number of methoxy groups -OCH3 is 1. The summed E-state index contributed by atoms with van der Waals surface area (Å²) in [5, 5.41) is 8.78. The van der Waals surface area contributed by atoms with Gasteiger partial charge in [-0.15, -0.1) is 0 Å². The largest absolute Gasteiger partial charge is 0.468 e. The molecular formula is C11H11FN2O2. The first-order valence-corrected chi connectivity index (χ1v) is 4.60. The minimum Gasteiger partial charge on any atom is -0.468 e. The number of halogens is 1. The number of esters is 1. The predicted octanol–water partition coefficient (Wildman–Crippen LogP) is 0.740. The number of ether oxygens (including phenoxy) is 1. The number of carbonyl (C=O) groups excluding carboxylic acids is 1. The van der Waals surface area contributed by atoms with Crippen LogP contribution >= 0.6 is 0 Å². The van der Waals surface area contributed by atoms with Crippen molar-refractivity contribution in [3.63, 3.8) is 0 Å². The van der Waals surface area contributed by atoms with E-state index in [0.29, 0.717) is 5.56 Å². The Morgan fingerprint density at radius 3 is 2.94 bits per heavy atom. The molecule has 1 aromatic carbocycles. The topological polar surface area (TPSA) is 76.1 Å². The number of nitriles is 1. The summed E-state index contributed by atoms with van der Waals surface area (Å²) < 4.78 is 17.3. The zero-order valence-corrected chi connectivity index (χ0v) is 8.74. The number of hydrogen-bond donors (Lipinski definition) is 1. The Hall–Kier alpha value is -1.93. The molecule has 0 bridgehead atoms. The third-order valence-corrected chi connectivity index (χ3v) is 2.14. The molecule has 2 N–H and O–H groups in total. The van der Waals surface area contributed by atoms with Gasteiger partial charge in [0.2, 0.25) is 0 Å². The molecule has 0 aliphatic rings. The van der Waals surface area contributed by atoms with Crippen LogP contribution < -0.4 is 5.73 Å². The van der Waals surface area contributed by atoms with Crippen LogP contribution in [0.1, 0.15) is 11.1 Å². The van der Waals surface area contributed by atoms with Gasteiger partial charge in [0, 0.05) is 0 Å². The Balaban J connectivity index is 2.90. The van der Waals surface area contributed by atoms with Gasteiger partial charge in [-0.1, -0.05) is 6.07 Å². The highest BCUT2D eigenvalue weighted by Crippen LogP contribution is 2.12. The van der Waals surface area contributed by atoms with Crippen LogP contribution in [0.3, 0.4) is 0 Å². The molecule has 0 spiro atoms. The molecule has 0 heterocycles. The van der Waals surface area contributed by atoms with Gasteiger partial charge in [0.15, 0.2) is 0 Å². The number of benzene rings is 1. The van der Waals surface area contributed by atoms with Gasteiger partial charge >= 0.3 is 5.97 Å². The summed E-state index contributed by atoms with van der Waals surface area (Å²) in [6.45, 7) is 0. The molecule has 0 fully saturated rings. The van der Waals surface area contributed by atoms with E-state index in [0.717, 1.165) is 6.07 Å². The molecule has 1 aromatic rings. The number of hydrogen-bond acceptors (Lipinski definition) is 4. The summed E-state index contributed by atoms with van der Waals surface area (Å²) in [5.41, 5.74) is 6.25. The minimum atomic E-state index is -0.845. The number of carbonyl (C=O) groups is 1. The maximum atomic E-state index is 12.8. The maximum absolute atomic E-state index is 12.8. The minimum absolute atomic E-state index is 0.149. The first-order chi connectivity index (χ1) is 7.58. The molecule has 16 heavy (non-hydrogen) atoms. The summed E-state index contributed by atoms with van der Waals surface area (Å²) in [6.07, 6.45) is 0.149. The number of rotatable bonds is 3. The molecule has 0 saturated carbocycles. The lowest BCUT2D eigenvalue weighted by molar-refractivity contribution is -0.142. The fourth-order valence-corrected chi connectivity index (χ4v) is 1.30. The van der Waals surface area contributed by atoms with Gasteiger partial charge in [0.05, 0.1) is 18.7 Å². The SMILES string of the molecule is COC(=O)[C@H](N)Cc1ccc(F)cc1C#N. The Morgan fingerprint density at radius 1 is 1.69 bits per heavy atom. The molecule has 84 valence electrons. The Labute approximate surface area is 92.4 Å². The Morgan fingerprint density at radius 2 is 2.38 bits per heavy atom. The van der Waals surface area contributed by atoms with Crippen LogP contribution in [0.25, 0.3) is 0 Å². The van der Waals surface area contributed by atoms with Crippen LogP contribution in [-0.2, 0) is 16.0 Å². The molecule has 0 aliphatic heterocycles. The van der Waals surface area contributed by atoms with Crippen molar-refractivity contribution in [2.45, 2.75) is 12.5 Å². The van der Waals surface area contributed by atoms with E-state index in [1.54, 1.807) is 0 Å². The molecule has 0 radical (unpaired) electrons. The quantitative estimate of drug-likeness (QED) is 0.765. The molecule has 0 saturated heterocycles. The zero-order chi connectivity index (χ0) is 12.1. The van der Waals surface area contributed by atoms with Crippen LogP contribution in [0.5, 0.6) is 0 Å². The van der Waals surface area contributed by atoms with Crippen molar-refractivity contribution < 1.29 is 13.9 Å². The second-order valence-electron chi connectivity index (χ2n) is 3.25. The van der Waals surface area contributed by atoms with Crippen molar-refractivity contribution >= 4 is 5.97 Å². The molecule has 0 aromatic heterocycles. The molecule has 0 amide bonds. The zero-order valence-electron chi connectivity index (χ0n) is 8.74. The lowest BCUT2D eigenvalue weighted by Crippen LogP contribution is -2.33. The van der Waals surface area contributed by atoms with Gasteiger partial charge in [-0.3, -0.25) is 4.79 Å². The highest BCUT2D eigenvalue weighted by molar-refractivity contribution is 5.75. The number of nitrogens with zero attached hydrogens (tertiary/aromatic N) is 1. The standard InChI is InChI=1S/C11H11FN2O2/c1-16-11(15)10(14)5-7-2-3-9(12)4-8(7)6-13/h2-4,10H,5,14H2,1H3/t10-/m1/s1. The van der Waals surface area contributed by atoms with Crippen molar-refractivity contribution in [1.82, 2.24) is 0 Å². The summed E-state index contributed by atoms with van der Waals surface area (Å²) in [7, 11) is 1.23. The highest BCUT2D eigenvalue weighted by Gasteiger charge is 2.16. The third-order valence-electron chi connectivity index (χ3n) is 2.14. The molecular weight excluding hydrogens is 211 g/mol. The molecule has 0 aliphatic carbocycles. The maximum Gasteiger partial charge on any atom is 0.322 e. The second kappa shape index (κ2) is 5.24. The van der Waals surface area contributed by atoms with E-state index in [-0.39, 0.29) is 12.0 Å². The Kier molecular flexibility index (Phi) is 3.97. The highest BCUT2D eigenvalue weighted by atomic mass is 19.1. The van der Waals surface area contributed by atoms with Gasteiger partial charge in [0.25, 0.3) is 0 Å². The number of nitrogens with two attached hydrogens (primary N) is 1. The van der Waals surface area contributed by atoms with Crippen LogP contribution in [0.2, 0.25) is 0 Å². The van der Waals surface area contributed by atoms with Gasteiger partial charge in [0.1, 0.15) is 11.9 Å². The lowest BCUT2D eigenvalue weighted by Gasteiger charge is -2.10. The molecule has 5 heteroatoms. The van der Waals surface area contributed by atoms with Crippen LogP contribution in [0.15, 0.2) is 18.2 Å². The molecule has 1 rings (SSSR count). The summed E-state index contributed by atoms with van der Waals surface area (Å²) >= 11 is 0. The van der Waals surface area contributed by atoms with Crippen LogP contribution in [0, 0.1) is 17.1 Å². The van der Waals surface area contributed by atoms with Crippen molar-refractivity contribution in [2.75, 3.05) is 7.11 Å². The smallest absolute Gasteiger partial charge is 0.322 e. The van der Waals surface area contributed by atoms with Crippen molar-refractivity contribution in [1.29, 1.82) is 5.26 Å². The lowest BCUT2D eigenvalue weighted by atomic mass is 10.0. The monoisotopic (exact) mass is 222 g/mol. The van der Waals surface area contributed by atoms with E-state index in [1.807, 2.05) is 6.07 Å². The van der Waals surface area contributed by atoms with E-state index in [4.69, 9.17) is 11.0 Å². The first-order valence-electron chi connectivity index (χ1n) is 4.60. The average molecular weight is 222 g/mol. The van der Waals surface area contributed by atoms with Crippen LogP contribution in [-0.4, -0.2) is 19.1 Å². The van der Waals surface area contributed by atoms with E-state index in [9.17, 15) is 9.18 Å². The van der Waals surface area contributed by atoms with E-state index in [2.05, 4.69) is 4.74 Å². The molecule has 4 nitrogen and oxygen atoms in total. The fraction of sp³-hybridized carbons (Fsp3) is 0.273. The molecule has 1 atom stereocenters. The van der Waals surface area contributed by atoms with Gasteiger partial charge in [-0.2, -0.15) is 5.26 Å². The van der Waals surface area contributed by atoms with Crippen molar-refractivity contribution in [3.05, 3.63) is 35.1 Å². The Bertz CT molecular complexity index is 440. The summed E-state index contributed by atoms with van der Waals surface area (Å²) in [6, 6.07) is 4.78. The second-order valence-corrected chi connectivity index (χ2v) is 3.25. The van der Waals surface area contributed by atoms with Crippen LogP contribution in [0.4, 0.5) is 4.39 Å². The molecule has 0 unspecified atom stereocenters. The summed E-state index contributed by atoms with van der Waals surface area (Å²) in [5.74, 6) is -1.06. The fourth-order valence-electron chi connectivity index (χ4n) is 1.30.